The number of fused-ring (bicyclic) bond motifs is 2. The van der Waals surface area contributed by atoms with Gasteiger partial charge in [0.25, 0.3) is 5.91 Å². The highest BCUT2D eigenvalue weighted by Crippen LogP contribution is 2.44. The first kappa shape index (κ1) is 15.3. The summed E-state index contributed by atoms with van der Waals surface area (Å²) in [7, 11) is 0. The number of aliphatic carboxylic acids is 1. The van der Waals surface area contributed by atoms with E-state index in [0.29, 0.717) is 17.4 Å². The number of nitrogens with zero attached hydrogens (tertiary/aromatic N) is 1. The lowest BCUT2D eigenvalue weighted by Crippen LogP contribution is -2.45. The van der Waals surface area contributed by atoms with E-state index in [2.05, 4.69) is 11.8 Å². The van der Waals surface area contributed by atoms with Gasteiger partial charge in [0, 0.05) is 29.1 Å². The summed E-state index contributed by atoms with van der Waals surface area (Å²) in [6.07, 6.45) is 5.45. The van der Waals surface area contributed by atoms with Crippen LogP contribution < -0.4 is 0 Å². The number of piperidine rings is 1. The third-order valence-corrected chi connectivity index (χ3v) is 5.49. The van der Waals surface area contributed by atoms with Crippen LogP contribution in [0.5, 0.6) is 0 Å². The quantitative estimate of drug-likeness (QED) is 0.870. The second-order valence-corrected chi connectivity index (χ2v) is 7.23. The van der Waals surface area contributed by atoms with E-state index in [1.54, 1.807) is 0 Å². The fourth-order valence-electron chi connectivity index (χ4n) is 4.11. The van der Waals surface area contributed by atoms with Gasteiger partial charge >= 0.3 is 5.97 Å². The summed E-state index contributed by atoms with van der Waals surface area (Å²) in [4.78, 5) is 25.9. The van der Waals surface area contributed by atoms with Crippen molar-refractivity contribution in [2.45, 2.75) is 50.6 Å². The van der Waals surface area contributed by atoms with Gasteiger partial charge in [0.05, 0.1) is 6.42 Å². The van der Waals surface area contributed by atoms with Crippen LogP contribution in [0.4, 0.5) is 0 Å². The summed E-state index contributed by atoms with van der Waals surface area (Å²) in [6.45, 7) is 0. The van der Waals surface area contributed by atoms with Crippen LogP contribution in [-0.4, -0.2) is 34.0 Å². The van der Waals surface area contributed by atoms with Gasteiger partial charge in [-0.05, 0) is 62.3 Å². The predicted octanol–water partition coefficient (Wildman–Crippen LogP) is 2.92. The molecule has 1 aliphatic heterocycles. The molecule has 4 heteroatoms. The Bertz CT molecular complexity index is 723. The predicted molar refractivity (Wildman–Crippen MR) is 89.4 cm³/mol. The highest BCUT2D eigenvalue weighted by Gasteiger charge is 2.48. The van der Waals surface area contributed by atoms with Gasteiger partial charge in [-0.25, -0.2) is 0 Å². The first-order valence-corrected chi connectivity index (χ1v) is 8.78. The molecule has 1 aromatic rings. The van der Waals surface area contributed by atoms with Crippen LogP contribution in [0.1, 0.15) is 54.4 Å². The minimum atomic E-state index is -0.823. The van der Waals surface area contributed by atoms with E-state index in [1.165, 1.54) is 12.8 Å². The molecule has 3 atom stereocenters. The lowest BCUT2D eigenvalue weighted by Gasteiger charge is -2.34. The summed E-state index contributed by atoms with van der Waals surface area (Å²) < 4.78 is 0. The number of carbonyl (C=O) groups is 2. The normalized spacial score (nSPS) is 27.7. The largest absolute Gasteiger partial charge is 0.481 e. The second-order valence-electron chi connectivity index (χ2n) is 7.23. The van der Waals surface area contributed by atoms with Crippen molar-refractivity contribution in [2.24, 2.45) is 11.8 Å². The molecule has 0 radical (unpaired) electrons. The standard InChI is InChI=1S/C20H21NO3/c22-19(23)12-18-16-9-10-17(11-16)21(18)20(24)15-7-5-14(6-8-15)4-3-13-1-2-13/h5-8,13,16-18H,1-2,9-12H2,(H,22,23)/t16-,17+,18+/m0/s1. The van der Waals surface area contributed by atoms with E-state index in [9.17, 15) is 9.59 Å². The Kier molecular flexibility index (Phi) is 3.80. The molecule has 2 bridgehead atoms. The summed E-state index contributed by atoms with van der Waals surface area (Å²) in [5, 5.41) is 9.16. The van der Waals surface area contributed by atoms with Crippen molar-refractivity contribution >= 4 is 11.9 Å². The second kappa shape index (κ2) is 5.98. The van der Waals surface area contributed by atoms with Gasteiger partial charge in [0.15, 0.2) is 0 Å². The Balaban J connectivity index is 1.51. The van der Waals surface area contributed by atoms with Crippen LogP contribution in [-0.2, 0) is 4.79 Å². The van der Waals surface area contributed by atoms with Crippen LogP contribution in [0.25, 0.3) is 0 Å². The summed E-state index contributed by atoms with van der Waals surface area (Å²) in [6, 6.07) is 7.49. The minimum absolute atomic E-state index is 0.0323. The van der Waals surface area contributed by atoms with Gasteiger partial charge in [-0.1, -0.05) is 11.8 Å². The molecule has 4 nitrogen and oxygen atoms in total. The molecule has 24 heavy (non-hydrogen) atoms. The zero-order valence-corrected chi connectivity index (χ0v) is 13.6. The zero-order chi connectivity index (χ0) is 16.7. The molecule has 1 amide bonds. The van der Waals surface area contributed by atoms with E-state index in [0.717, 1.165) is 24.8 Å². The lowest BCUT2D eigenvalue weighted by atomic mass is 9.95. The Morgan fingerprint density at radius 1 is 1.12 bits per heavy atom. The van der Waals surface area contributed by atoms with Gasteiger partial charge < -0.3 is 10.0 Å². The van der Waals surface area contributed by atoms with E-state index in [1.807, 2.05) is 29.2 Å². The Morgan fingerprint density at radius 3 is 2.54 bits per heavy atom. The maximum Gasteiger partial charge on any atom is 0.305 e. The van der Waals surface area contributed by atoms with Gasteiger partial charge in [-0.2, -0.15) is 0 Å². The molecule has 3 fully saturated rings. The van der Waals surface area contributed by atoms with Crippen molar-refractivity contribution in [1.82, 2.24) is 4.90 Å². The van der Waals surface area contributed by atoms with E-state index >= 15 is 0 Å². The molecule has 1 heterocycles. The average Bonchev–Trinajstić information content (AvgIpc) is 3.19. The third-order valence-electron chi connectivity index (χ3n) is 5.49. The Morgan fingerprint density at radius 2 is 1.88 bits per heavy atom. The number of amides is 1. The topological polar surface area (TPSA) is 57.6 Å². The van der Waals surface area contributed by atoms with Crippen LogP contribution in [0.15, 0.2) is 24.3 Å². The molecule has 124 valence electrons. The third kappa shape index (κ3) is 2.91. The molecule has 0 unspecified atom stereocenters. The number of carbonyl (C=O) groups excluding carboxylic acids is 1. The lowest BCUT2D eigenvalue weighted by molar-refractivity contribution is -0.138. The molecule has 1 N–H and O–H groups in total. The number of likely N-dealkylation sites (tertiary alicyclic amines) is 1. The maximum absolute atomic E-state index is 12.9. The molecule has 4 rings (SSSR count). The Labute approximate surface area is 141 Å². The molecule has 3 aliphatic rings. The van der Waals surface area contributed by atoms with E-state index < -0.39 is 5.97 Å². The number of rotatable bonds is 3. The van der Waals surface area contributed by atoms with Gasteiger partial charge in [0.1, 0.15) is 0 Å². The van der Waals surface area contributed by atoms with Crippen molar-refractivity contribution < 1.29 is 14.7 Å². The molecular formula is C20H21NO3. The number of hydrogen-bond donors (Lipinski definition) is 1. The molecule has 0 spiro atoms. The number of carboxylic acid groups (broad SMARTS) is 1. The fourth-order valence-corrected chi connectivity index (χ4v) is 4.11. The van der Waals surface area contributed by atoms with Crippen molar-refractivity contribution in [3.8, 4) is 11.8 Å². The summed E-state index contributed by atoms with van der Waals surface area (Å²) in [5.74, 6) is 6.42. The summed E-state index contributed by atoms with van der Waals surface area (Å²) in [5.41, 5.74) is 1.57. The SMILES string of the molecule is O=C(O)C[C@@H]1[C@H]2CC[C@H](C2)N1C(=O)c1ccc(C#CC2CC2)cc1. The molecule has 1 saturated heterocycles. The van der Waals surface area contributed by atoms with Crippen molar-refractivity contribution in [1.29, 1.82) is 0 Å². The van der Waals surface area contributed by atoms with Crippen LogP contribution in [0, 0.1) is 23.7 Å². The molecule has 2 saturated carbocycles. The number of hydrogen-bond acceptors (Lipinski definition) is 2. The van der Waals surface area contributed by atoms with Crippen molar-refractivity contribution in [3.63, 3.8) is 0 Å². The van der Waals surface area contributed by atoms with Crippen LogP contribution >= 0.6 is 0 Å². The molecule has 1 aromatic carbocycles. The molecule has 2 aliphatic carbocycles. The highest BCUT2D eigenvalue weighted by atomic mass is 16.4. The maximum atomic E-state index is 12.9. The van der Waals surface area contributed by atoms with Crippen molar-refractivity contribution in [3.05, 3.63) is 35.4 Å². The molecular weight excluding hydrogens is 302 g/mol. The fraction of sp³-hybridized carbons (Fsp3) is 0.500. The van der Waals surface area contributed by atoms with Gasteiger partial charge in [-0.3, -0.25) is 9.59 Å². The summed E-state index contributed by atoms with van der Waals surface area (Å²) >= 11 is 0. The van der Waals surface area contributed by atoms with E-state index in [-0.39, 0.29) is 24.4 Å². The van der Waals surface area contributed by atoms with Gasteiger partial charge in [-0.15, -0.1) is 0 Å². The van der Waals surface area contributed by atoms with Crippen LogP contribution in [0.2, 0.25) is 0 Å². The Hall–Kier alpha value is -2.28. The van der Waals surface area contributed by atoms with E-state index in [4.69, 9.17) is 5.11 Å². The van der Waals surface area contributed by atoms with Crippen molar-refractivity contribution in [2.75, 3.05) is 0 Å². The van der Waals surface area contributed by atoms with Crippen LogP contribution in [0.3, 0.4) is 0 Å². The smallest absolute Gasteiger partial charge is 0.305 e. The number of carboxylic acids is 1. The average molecular weight is 323 g/mol. The minimum Gasteiger partial charge on any atom is -0.481 e. The highest BCUT2D eigenvalue weighted by molar-refractivity contribution is 5.95. The monoisotopic (exact) mass is 323 g/mol. The molecule has 0 aromatic heterocycles. The number of benzene rings is 1. The first-order chi connectivity index (χ1) is 11.6. The van der Waals surface area contributed by atoms with Gasteiger partial charge in [0.2, 0.25) is 0 Å². The first-order valence-electron chi connectivity index (χ1n) is 8.78. The zero-order valence-electron chi connectivity index (χ0n) is 13.6.